The molecule has 3 rings (SSSR count). The van der Waals surface area contributed by atoms with E-state index in [-0.39, 0.29) is 25.6 Å². The molecule has 0 spiro atoms. The highest BCUT2D eigenvalue weighted by atomic mass is 16.5. The summed E-state index contributed by atoms with van der Waals surface area (Å²) >= 11 is 0. The second-order valence-corrected chi connectivity index (χ2v) is 5.71. The number of ether oxygens (including phenoxy) is 1. The molecule has 7 heteroatoms. The van der Waals surface area contributed by atoms with Crippen LogP contribution in [0.25, 0.3) is 22.6 Å². The molecule has 0 aliphatic rings. The van der Waals surface area contributed by atoms with E-state index >= 15 is 0 Å². The molecule has 3 aromatic rings. The molecule has 26 heavy (non-hydrogen) atoms. The number of rotatable bonds is 6. The third-order valence-corrected chi connectivity index (χ3v) is 4.20. The second kappa shape index (κ2) is 7.57. The number of phenols is 1. The van der Waals surface area contributed by atoms with Crippen LogP contribution in [0.3, 0.4) is 0 Å². The molecule has 1 aromatic heterocycles. The normalized spacial score (nSPS) is 10.9. The molecule has 0 saturated heterocycles. The fourth-order valence-corrected chi connectivity index (χ4v) is 2.82. The summed E-state index contributed by atoms with van der Waals surface area (Å²) in [4.78, 5) is 0. The van der Waals surface area contributed by atoms with E-state index in [0.29, 0.717) is 45.0 Å². The van der Waals surface area contributed by atoms with Gasteiger partial charge in [-0.1, -0.05) is 5.16 Å². The molecule has 0 aliphatic carbocycles. The average Bonchev–Trinajstić information content (AvgIpc) is 3.16. The number of aromatic hydroxyl groups is 1. The minimum absolute atomic E-state index is 0.0135. The summed E-state index contributed by atoms with van der Waals surface area (Å²) in [7, 11) is 1.47. The summed E-state index contributed by atoms with van der Waals surface area (Å²) in [5, 5.41) is 42.4. The second-order valence-electron chi connectivity index (χ2n) is 5.71. The maximum Gasteiger partial charge on any atom is 0.167 e. The fraction of sp³-hybridized carbons (Fsp3) is 0.211. The fourth-order valence-electron chi connectivity index (χ4n) is 2.82. The van der Waals surface area contributed by atoms with Crippen LogP contribution in [0, 0.1) is 0 Å². The number of phenolic OH excluding ortho intramolecular Hbond substituents is 1. The van der Waals surface area contributed by atoms with E-state index in [1.807, 2.05) is 0 Å². The van der Waals surface area contributed by atoms with Crippen LogP contribution < -0.4 is 4.74 Å². The predicted octanol–water partition coefficient (Wildman–Crippen LogP) is 2.20. The summed E-state index contributed by atoms with van der Waals surface area (Å²) in [5.41, 5.74) is 3.30. The van der Waals surface area contributed by atoms with Crippen LogP contribution in [-0.4, -0.2) is 32.7 Å². The van der Waals surface area contributed by atoms with Crippen molar-refractivity contribution in [1.82, 2.24) is 5.16 Å². The molecule has 7 nitrogen and oxygen atoms in total. The van der Waals surface area contributed by atoms with Gasteiger partial charge in [-0.15, -0.1) is 0 Å². The van der Waals surface area contributed by atoms with Crippen LogP contribution in [0.15, 0.2) is 40.9 Å². The Morgan fingerprint density at radius 3 is 2.15 bits per heavy atom. The van der Waals surface area contributed by atoms with Gasteiger partial charge in [-0.3, -0.25) is 0 Å². The van der Waals surface area contributed by atoms with Crippen LogP contribution >= 0.6 is 0 Å². The highest BCUT2D eigenvalue weighted by Crippen LogP contribution is 2.34. The van der Waals surface area contributed by atoms with E-state index in [4.69, 9.17) is 9.26 Å². The molecular weight excluding hydrogens is 338 g/mol. The molecule has 4 N–H and O–H groups in total. The predicted molar refractivity (Wildman–Crippen MR) is 93.4 cm³/mol. The number of methoxy groups -OCH3 is 1. The van der Waals surface area contributed by atoms with Gasteiger partial charge in [0.1, 0.15) is 5.69 Å². The van der Waals surface area contributed by atoms with Crippen molar-refractivity contribution in [3.05, 3.63) is 53.1 Å². The maximum absolute atomic E-state index is 9.90. The SMILES string of the molecule is COc1ccc(-c2cc(-c3cc(CO)c(CO)c(CO)c3)no2)cc1O. The molecule has 0 saturated carbocycles. The first-order chi connectivity index (χ1) is 12.6. The van der Waals surface area contributed by atoms with E-state index in [1.165, 1.54) is 13.2 Å². The van der Waals surface area contributed by atoms with Crippen LogP contribution in [0.1, 0.15) is 16.7 Å². The van der Waals surface area contributed by atoms with E-state index in [1.54, 1.807) is 30.3 Å². The van der Waals surface area contributed by atoms with Crippen molar-refractivity contribution in [2.75, 3.05) is 7.11 Å². The summed E-state index contributed by atoms with van der Waals surface area (Å²) in [6.45, 7) is -0.817. The maximum atomic E-state index is 9.90. The van der Waals surface area contributed by atoms with E-state index in [0.717, 1.165) is 0 Å². The average molecular weight is 357 g/mol. The minimum atomic E-state index is -0.277. The zero-order valence-electron chi connectivity index (χ0n) is 14.1. The van der Waals surface area contributed by atoms with Crippen molar-refractivity contribution < 1.29 is 29.7 Å². The molecule has 2 aromatic carbocycles. The molecule has 1 heterocycles. The van der Waals surface area contributed by atoms with Crippen LogP contribution in [0.4, 0.5) is 0 Å². The number of aliphatic hydroxyl groups is 3. The molecule has 136 valence electrons. The molecular formula is C19H19NO6. The smallest absolute Gasteiger partial charge is 0.167 e. The lowest BCUT2D eigenvalue weighted by molar-refractivity contribution is 0.248. The van der Waals surface area contributed by atoms with Gasteiger partial charge in [0.15, 0.2) is 17.3 Å². The number of benzene rings is 2. The summed E-state index contributed by atoms with van der Waals surface area (Å²) in [5.74, 6) is 0.786. The van der Waals surface area contributed by atoms with E-state index < -0.39 is 0 Å². The Kier molecular flexibility index (Phi) is 5.22. The number of aliphatic hydroxyl groups excluding tert-OH is 3. The van der Waals surface area contributed by atoms with Gasteiger partial charge in [0.05, 0.1) is 26.9 Å². The number of nitrogens with zero attached hydrogens (tertiary/aromatic N) is 1. The van der Waals surface area contributed by atoms with Gasteiger partial charge in [0.2, 0.25) is 0 Å². The lowest BCUT2D eigenvalue weighted by atomic mass is 9.97. The molecule has 0 fully saturated rings. The Morgan fingerprint density at radius 1 is 0.923 bits per heavy atom. The Balaban J connectivity index is 2.01. The van der Waals surface area contributed by atoms with Crippen molar-refractivity contribution in [2.24, 2.45) is 0 Å². The van der Waals surface area contributed by atoms with Gasteiger partial charge < -0.3 is 29.7 Å². The Bertz CT molecular complexity index is 893. The Morgan fingerprint density at radius 2 is 1.62 bits per heavy atom. The van der Waals surface area contributed by atoms with Gasteiger partial charge in [-0.05, 0) is 47.0 Å². The first kappa shape index (κ1) is 17.9. The van der Waals surface area contributed by atoms with Crippen molar-refractivity contribution in [1.29, 1.82) is 0 Å². The summed E-state index contributed by atoms with van der Waals surface area (Å²) in [6.07, 6.45) is 0. The lowest BCUT2D eigenvalue weighted by Crippen LogP contribution is -2.01. The quantitative estimate of drug-likeness (QED) is 0.534. The van der Waals surface area contributed by atoms with Gasteiger partial charge in [0, 0.05) is 17.2 Å². The number of aromatic nitrogens is 1. The molecule has 0 amide bonds. The van der Waals surface area contributed by atoms with Crippen LogP contribution in [0.2, 0.25) is 0 Å². The van der Waals surface area contributed by atoms with Crippen LogP contribution in [0.5, 0.6) is 11.5 Å². The third-order valence-electron chi connectivity index (χ3n) is 4.20. The standard InChI is InChI=1S/C19H19NO6/c1-25-18-3-2-11(6-17(18)24)19-7-16(20-26-19)12-4-13(8-21)15(10-23)14(5-12)9-22/h2-7,21-24H,8-10H2,1H3. The summed E-state index contributed by atoms with van der Waals surface area (Å²) < 4.78 is 10.4. The lowest BCUT2D eigenvalue weighted by Gasteiger charge is -2.12. The van der Waals surface area contributed by atoms with Crippen molar-refractivity contribution in [3.8, 4) is 34.1 Å². The molecule has 0 unspecified atom stereocenters. The van der Waals surface area contributed by atoms with Gasteiger partial charge >= 0.3 is 0 Å². The highest BCUT2D eigenvalue weighted by Gasteiger charge is 2.15. The topological polar surface area (TPSA) is 116 Å². The van der Waals surface area contributed by atoms with Crippen molar-refractivity contribution in [3.63, 3.8) is 0 Å². The van der Waals surface area contributed by atoms with Crippen LogP contribution in [-0.2, 0) is 19.8 Å². The zero-order chi connectivity index (χ0) is 18.7. The number of hydrogen-bond acceptors (Lipinski definition) is 7. The molecule has 0 atom stereocenters. The van der Waals surface area contributed by atoms with E-state index in [9.17, 15) is 20.4 Å². The summed E-state index contributed by atoms with van der Waals surface area (Å²) in [6, 6.07) is 9.94. The van der Waals surface area contributed by atoms with Gasteiger partial charge in [-0.25, -0.2) is 0 Å². The molecule has 0 aliphatic heterocycles. The first-order valence-corrected chi connectivity index (χ1v) is 7.93. The molecule has 0 bridgehead atoms. The van der Waals surface area contributed by atoms with E-state index in [2.05, 4.69) is 5.16 Å². The third kappa shape index (κ3) is 3.28. The molecule has 0 radical (unpaired) electrons. The minimum Gasteiger partial charge on any atom is -0.504 e. The van der Waals surface area contributed by atoms with Crippen molar-refractivity contribution in [2.45, 2.75) is 19.8 Å². The Hall–Kier alpha value is -2.87. The highest BCUT2D eigenvalue weighted by molar-refractivity contribution is 5.70. The Labute approximate surface area is 149 Å². The largest absolute Gasteiger partial charge is 0.504 e. The van der Waals surface area contributed by atoms with Crippen molar-refractivity contribution >= 4 is 0 Å². The van der Waals surface area contributed by atoms with Gasteiger partial charge in [-0.2, -0.15) is 0 Å². The van der Waals surface area contributed by atoms with Gasteiger partial charge in [0.25, 0.3) is 0 Å². The first-order valence-electron chi connectivity index (χ1n) is 7.93. The zero-order valence-corrected chi connectivity index (χ0v) is 14.1. The number of hydrogen-bond donors (Lipinski definition) is 4. The monoisotopic (exact) mass is 357 g/mol.